The number of amides is 1. The van der Waals surface area contributed by atoms with Gasteiger partial charge < -0.3 is 14.9 Å². The van der Waals surface area contributed by atoms with Crippen molar-refractivity contribution in [2.24, 2.45) is 0 Å². The molecule has 0 spiro atoms. The molecule has 0 radical (unpaired) electrons. The molecule has 0 saturated carbocycles. The van der Waals surface area contributed by atoms with Gasteiger partial charge in [0, 0.05) is 19.4 Å². The van der Waals surface area contributed by atoms with Crippen LogP contribution in [0.25, 0.3) is 0 Å². The van der Waals surface area contributed by atoms with E-state index >= 15 is 0 Å². The van der Waals surface area contributed by atoms with Gasteiger partial charge in [-0.15, -0.1) is 0 Å². The topological polar surface area (TPSA) is 88.2 Å². The lowest BCUT2D eigenvalue weighted by Crippen LogP contribution is -2.25. The monoisotopic (exact) mass is 303 g/mol. The number of hydrogen-bond donors (Lipinski definition) is 2. The molecular formula is C16H21N3O3. The fraction of sp³-hybridized carbons (Fsp3) is 0.438. The van der Waals surface area contributed by atoms with Crippen LogP contribution in [0.5, 0.6) is 0 Å². The summed E-state index contributed by atoms with van der Waals surface area (Å²) in [4.78, 5) is 15.8. The molecule has 0 aliphatic heterocycles. The molecule has 1 atom stereocenters. The van der Waals surface area contributed by atoms with Crippen molar-refractivity contribution in [2.75, 3.05) is 6.54 Å². The lowest BCUT2D eigenvalue weighted by atomic mass is 10.1. The first kappa shape index (κ1) is 16.2. The van der Waals surface area contributed by atoms with Crippen molar-refractivity contribution in [1.29, 1.82) is 0 Å². The van der Waals surface area contributed by atoms with Gasteiger partial charge in [0.05, 0.1) is 6.10 Å². The van der Waals surface area contributed by atoms with Gasteiger partial charge in [-0.25, -0.2) is 0 Å². The summed E-state index contributed by atoms with van der Waals surface area (Å²) < 4.78 is 4.98. The Bertz CT molecular complexity index is 583. The number of benzene rings is 1. The van der Waals surface area contributed by atoms with Gasteiger partial charge in [-0.1, -0.05) is 35.5 Å². The second kappa shape index (κ2) is 8.29. The van der Waals surface area contributed by atoms with E-state index in [0.29, 0.717) is 43.9 Å². The van der Waals surface area contributed by atoms with Crippen LogP contribution in [0.3, 0.4) is 0 Å². The maximum Gasteiger partial charge on any atom is 0.226 e. The molecule has 0 aliphatic carbocycles. The Labute approximate surface area is 129 Å². The van der Waals surface area contributed by atoms with E-state index in [4.69, 9.17) is 4.52 Å². The van der Waals surface area contributed by atoms with Crippen LogP contribution in [0.4, 0.5) is 0 Å². The van der Waals surface area contributed by atoms with Crippen LogP contribution in [0.15, 0.2) is 34.9 Å². The van der Waals surface area contributed by atoms with Crippen molar-refractivity contribution in [2.45, 2.75) is 38.7 Å². The smallest absolute Gasteiger partial charge is 0.226 e. The molecule has 22 heavy (non-hydrogen) atoms. The van der Waals surface area contributed by atoms with E-state index in [0.717, 1.165) is 5.56 Å². The van der Waals surface area contributed by atoms with Gasteiger partial charge in [0.25, 0.3) is 0 Å². The first-order chi connectivity index (χ1) is 10.6. The van der Waals surface area contributed by atoms with Crippen LogP contribution in [0.1, 0.15) is 42.6 Å². The van der Waals surface area contributed by atoms with E-state index in [-0.39, 0.29) is 5.91 Å². The van der Waals surface area contributed by atoms with E-state index in [1.54, 1.807) is 6.92 Å². The number of hydrogen-bond acceptors (Lipinski definition) is 5. The highest BCUT2D eigenvalue weighted by Gasteiger charge is 2.08. The summed E-state index contributed by atoms with van der Waals surface area (Å²) in [5.74, 6) is 1.13. The number of aromatic nitrogens is 2. The van der Waals surface area contributed by atoms with Crippen molar-refractivity contribution < 1.29 is 14.4 Å². The Kier molecular flexibility index (Phi) is 6.09. The Balaban J connectivity index is 1.59. The molecule has 6 nitrogen and oxygen atoms in total. The number of nitrogens with one attached hydrogen (secondary N) is 1. The highest BCUT2D eigenvalue weighted by Crippen LogP contribution is 2.14. The van der Waals surface area contributed by atoms with Gasteiger partial charge in [-0.05, 0) is 25.3 Å². The fourth-order valence-corrected chi connectivity index (χ4v) is 2.12. The molecule has 1 amide bonds. The van der Waals surface area contributed by atoms with Crippen LogP contribution in [0, 0.1) is 6.92 Å². The van der Waals surface area contributed by atoms with E-state index in [9.17, 15) is 9.90 Å². The molecule has 6 heteroatoms. The zero-order chi connectivity index (χ0) is 15.8. The summed E-state index contributed by atoms with van der Waals surface area (Å²) in [7, 11) is 0. The lowest BCUT2D eigenvalue weighted by molar-refractivity contribution is -0.121. The number of aliphatic hydroxyl groups excluding tert-OH is 1. The summed E-state index contributed by atoms with van der Waals surface area (Å²) in [6, 6.07) is 9.42. The molecule has 1 unspecified atom stereocenters. The minimum atomic E-state index is -0.553. The van der Waals surface area contributed by atoms with Crippen LogP contribution in [-0.2, 0) is 11.2 Å². The molecule has 1 aromatic heterocycles. The summed E-state index contributed by atoms with van der Waals surface area (Å²) in [5.41, 5.74) is 0.864. The second-order valence-electron chi connectivity index (χ2n) is 5.15. The third-order valence-corrected chi connectivity index (χ3v) is 3.29. The quantitative estimate of drug-likeness (QED) is 0.778. The fourth-order valence-electron chi connectivity index (χ4n) is 2.12. The second-order valence-corrected chi connectivity index (χ2v) is 5.15. The Hall–Kier alpha value is -2.21. The molecule has 118 valence electrons. The van der Waals surface area contributed by atoms with Gasteiger partial charge in [0.15, 0.2) is 5.82 Å². The average Bonchev–Trinajstić information content (AvgIpc) is 2.93. The minimum absolute atomic E-state index is 0.0310. The van der Waals surface area contributed by atoms with Gasteiger partial charge >= 0.3 is 0 Å². The molecular weight excluding hydrogens is 282 g/mol. The molecule has 0 saturated heterocycles. The van der Waals surface area contributed by atoms with E-state index < -0.39 is 6.10 Å². The maximum atomic E-state index is 11.7. The predicted molar refractivity (Wildman–Crippen MR) is 81.0 cm³/mol. The summed E-state index contributed by atoms with van der Waals surface area (Å²) >= 11 is 0. The average molecular weight is 303 g/mol. The third-order valence-electron chi connectivity index (χ3n) is 3.29. The highest BCUT2D eigenvalue weighted by molar-refractivity contribution is 5.75. The Morgan fingerprint density at radius 2 is 2.14 bits per heavy atom. The maximum absolute atomic E-state index is 11.7. The van der Waals surface area contributed by atoms with Crippen LogP contribution < -0.4 is 5.32 Å². The molecule has 0 bridgehead atoms. The highest BCUT2D eigenvalue weighted by atomic mass is 16.5. The first-order valence-corrected chi connectivity index (χ1v) is 7.44. The summed E-state index contributed by atoms with van der Waals surface area (Å²) in [6.07, 6.45) is 1.61. The van der Waals surface area contributed by atoms with Gasteiger partial charge in [-0.2, -0.15) is 4.98 Å². The minimum Gasteiger partial charge on any atom is -0.388 e. The number of aliphatic hydroxyl groups is 1. The van der Waals surface area contributed by atoms with Gasteiger partial charge in [0.2, 0.25) is 11.8 Å². The number of aryl methyl sites for hydroxylation is 2. The molecule has 1 heterocycles. The number of nitrogens with zero attached hydrogens (tertiary/aromatic N) is 2. The van der Waals surface area contributed by atoms with Crippen LogP contribution in [-0.4, -0.2) is 27.7 Å². The van der Waals surface area contributed by atoms with Crippen molar-refractivity contribution in [1.82, 2.24) is 15.5 Å². The Morgan fingerprint density at radius 3 is 2.82 bits per heavy atom. The standard InChI is InChI=1S/C16H21N3O3/c1-12-18-16(22-19-12)9-5-8-15(21)17-11-10-14(20)13-6-3-2-4-7-13/h2-4,6-7,14,20H,5,8-11H2,1H3,(H,17,21). The molecule has 0 aliphatic rings. The number of rotatable bonds is 8. The van der Waals surface area contributed by atoms with Crippen LogP contribution >= 0.6 is 0 Å². The molecule has 2 aromatic rings. The van der Waals surface area contributed by atoms with Crippen molar-refractivity contribution in [3.8, 4) is 0 Å². The van der Waals surface area contributed by atoms with Crippen LogP contribution in [0.2, 0.25) is 0 Å². The normalized spacial score (nSPS) is 12.1. The lowest BCUT2D eigenvalue weighted by Gasteiger charge is -2.11. The Morgan fingerprint density at radius 1 is 1.36 bits per heavy atom. The largest absolute Gasteiger partial charge is 0.388 e. The molecule has 2 rings (SSSR count). The number of carbonyl (C=O) groups is 1. The number of carbonyl (C=O) groups excluding carboxylic acids is 1. The van der Waals surface area contributed by atoms with E-state index in [1.165, 1.54) is 0 Å². The molecule has 1 aromatic carbocycles. The van der Waals surface area contributed by atoms with Gasteiger partial charge in [0.1, 0.15) is 0 Å². The SMILES string of the molecule is Cc1noc(CCCC(=O)NCCC(O)c2ccccc2)n1. The van der Waals surface area contributed by atoms with Crippen molar-refractivity contribution >= 4 is 5.91 Å². The van der Waals surface area contributed by atoms with Crippen molar-refractivity contribution in [3.05, 3.63) is 47.6 Å². The van der Waals surface area contributed by atoms with E-state index in [2.05, 4.69) is 15.5 Å². The zero-order valence-electron chi connectivity index (χ0n) is 12.7. The summed E-state index contributed by atoms with van der Waals surface area (Å²) in [5, 5.41) is 16.5. The first-order valence-electron chi connectivity index (χ1n) is 7.44. The van der Waals surface area contributed by atoms with E-state index in [1.807, 2.05) is 30.3 Å². The summed E-state index contributed by atoms with van der Waals surface area (Å²) in [6.45, 7) is 2.21. The zero-order valence-corrected chi connectivity index (χ0v) is 12.7. The third kappa shape index (κ3) is 5.29. The van der Waals surface area contributed by atoms with Gasteiger partial charge in [-0.3, -0.25) is 4.79 Å². The molecule has 2 N–H and O–H groups in total. The predicted octanol–water partition coefficient (Wildman–Crippen LogP) is 1.94. The van der Waals surface area contributed by atoms with Crippen molar-refractivity contribution in [3.63, 3.8) is 0 Å². The molecule has 0 fully saturated rings.